The summed E-state index contributed by atoms with van der Waals surface area (Å²) in [6.45, 7) is 3.12. The number of carbonyl (C=O) groups excluding carboxylic acids is 1. The Bertz CT molecular complexity index is 425. The van der Waals surface area contributed by atoms with Gasteiger partial charge in [-0.25, -0.2) is 9.97 Å². The van der Waals surface area contributed by atoms with Crippen LogP contribution in [0.2, 0.25) is 0 Å². The zero-order valence-electron chi connectivity index (χ0n) is 11.9. The number of anilines is 2. The number of likely N-dealkylation sites (N-methyl/N-ethyl adjacent to an activating group) is 2. The van der Waals surface area contributed by atoms with Crippen LogP contribution in [0.5, 0.6) is 0 Å². The molecule has 0 saturated carbocycles. The maximum atomic E-state index is 11.4. The van der Waals surface area contributed by atoms with Gasteiger partial charge in [0.1, 0.15) is 18.2 Å². The number of hydrogen-bond acceptors (Lipinski definition) is 6. The summed E-state index contributed by atoms with van der Waals surface area (Å²) in [5.41, 5.74) is 0. The van der Waals surface area contributed by atoms with Gasteiger partial charge in [-0.1, -0.05) is 0 Å². The fraction of sp³-hybridized carbons (Fsp3) is 0.583. The zero-order valence-corrected chi connectivity index (χ0v) is 11.9. The van der Waals surface area contributed by atoms with Crippen molar-refractivity contribution in [3.8, 4) is 0 Å². The molecule has 19 heavy (non-hydrogen) atoms. The van der Waals surface area contributed by atoms with E-state index in [1.165, 1.54) is 0 Å². The van der Waals surface area contributed by atoms with Crippen LogP contribution in [0, 0.1) is 0 Å². The van der Waals surface area contributed by atoms with E-state index in [-0.39, 0.29) is 12.5 Å². The molecule has 0 aromatic carbocycles. The van der Waals surface area contributed by atoms with Gasteiger partial charge in [-0.15, -0.1) is 0 Å². The normalized spacial score (nSPS) is 10.1. The Morgan fingerprint density at radius 2 is 2.16 bits per heavy atom. The zero-order chi connectivity index (χ0) is 14.3. The number of hydrogen-bond donors (Lipinski definition) is 2. The molecule has 0 aliphatic heterocycles. The van der Waals surface area contributed by atoms with Gasteiger partial charge in [0.05, 0.1) is 6.54 Å². The van der Waals surface area contributed by atoms with E-state index in [0.717, 1.165) is 0 Å². The lowest BCUT2D eigenvalue weighted by molar-refractivity contribution is -0.119. The van der Waals surface area contributed by atoms with E-state index in [4.69, 9.17) is 4.74 Å². The van der Waals surface area contributed by atoms with Gasteiger partial charge < -0.3 is 20.3 Å². The standard InChI is InChI=1S/C12H21N5O2/c1-5-19-8-10-15-9(13-2)6-11(16-10)17(4)7-12(18)14-3/h6H,5,7-8H2,1-4H3,(H,14,18)(H,13,15,16). The summed E-state index contributed by atoms with van der Waals surface area (Å²) in [4.78, 5) is 21.8. The van der Waals surface area contributed by atoms with E-state index in [1.54, 1.807) is 25.1 Å². The third kappa shape index (κ3) is 4.70. The summed E-state index contributed by atoms with van der Waals surface area (Å²) in [7, 11) is 5.20. The molecule has 1 amide bonds. The summed E-state index contributed by atoms with van der Waals surface area (Å²) in [6, 6.07) is 1.79. The van der Waals surface area contributed by atoms with E-state index in [0.29, 0.717) is 30.7 Å². The van der Waals surface area contributed by atoms with Crippen LogP contribution in [-0.4, -0.2) is 50.2 Å². The Morgan fingerprint density at radius 1 is 1.42 bits per heavy atom. The molecular formula is C12H21N5O2. The van der Waals surface area contributed by atoms with Gasteiger partial charge in [-0.05, 0) is 6.92 Å². The summed E-state index contributed by atoms with van der Waals surface area (Å²) < 4.78 is 5.31. The van der Waals surface area contributed by atoms with Gasteiger partial charge >= 0.3 is 0 Å². The molecule has 0 aliphatic carbocycles. The minimum Gasteiger partial charge on any atom is -0.374 e. The first-order chi connectivity index (χ1) is 9.10. The molecule has 7 heteroatoms. The number of nitrogens with one attached hydrogen (secondary N) is 2. The average Bonchev–Trinajstić information content (AvgIpc) is 2.44. The van der Waals surface area contributed by atoms with Crippen molar-refractivity contribution in [3.63, 3.8) is 0 Å². The molecule has 1 aromatic heterocycles. The molecule has 0 saturated heterocycles. The average molecular weight is 267 g/mol. The van der Waals surface area contributed by atoms with Crippen LogP contribution in [0.3, 0.4) is 0 Å². The summed E-state index contributed by atoms with van der Waals surface area (Å²) in [6.07, 6.45) is 0. The number of rotatable bonds is 7. The molecule has 7 nitrogen and oxygen atoms in total. The van der Waals surface area contributed by atoms with E-state index < -0.39 is 0 Å². The summed E-state index contributed by atoms with van der Waals surface area (Å²) >= 11 is 0. The van der Waals surface area contributed by atoms with Crippen LogP contribution >= 0.6 is 0 Å². The van der Waals surface area contributed by atoms with Crippen LogP contribution in [-0.2, 0) is 16.1 Å². The van der Waals surface area contributed by atoms with Gasteiger partial charge in [0, 0.05) is 33.8 Å². The number of amides is 1. The molecule has 2 N–H and O–H groups in total. The molecule has 0 spiro atoms. The molecule has 0 aliphatic rings. The molecule has 0 bridgehead atoms. The Balaban J connectivity index is 2.88. The fourth-order valence-electron chi connectivity index (χ4n) is 1.44. The topological polar surface area (TPSA) is 79.4 Å². The number of carbonyl (C=O) groups is 1. The Kier molecular flexibility index (Phi) is 6.01. The summed E-state index contributed by atoms with van der Waals surface area (Å²) in [5.74, 6) is 1.90. The number of nitrogens with zero attached hydrogens (tertiary/aromatic N) is 3. The maximum Gasteiger partial charge on any atom is 0.239 e. The Morgan fingerprint density at radius 3 is 2.74 bits per heavy atom. The molecule has 0 unspecified atom stereocenters. The second-order valence-corrected chi connectivity index (χ2v) is 3.94. The second kappa shape index (κ2) is 7.52. The van der Waals surface area contributed by atoms with E-state index in [2.05, 4.69) is 20.6 Å². The van der Waals surface area contributed by atoms with Gasteiger partial charge in [-0.3, -0.25) is 4.79 Å². The molecule has 1 heterocycles. The van der Waals surface area contributed by atoms with Crippen LogP contribution in [0.15, 0.2) is 6.07 Å². The first kappa shape index (κ1) is 15.2. The minimum atomic E-state index is -0.0709. The lowest BCUT2D eigenvalue weighted by Gasteiger charge is -2.18. The molecule has 106 valence electrons. The van der Waals surface area contributed by atoms with Crippen LogP contribution < -0.4 is 15.5 Å². The van der Waals surface area contributed by atoms with E-state index >= 15 is 0 Å². The third-order valence-corrected chi connectivity index (χ3v) is 2.50. The molecule has 0 radical (unpaired) electrons. The van der Waals surface area contributed by atoms with Crippen LogP contribution in [0.4, 0.5) is 11.6 Å². The van der Waals surface area contributed by atoms with Crippen molar-refractivity contribution in [2.24, 2.45) is 0 Å². The van der Waals surface area contributed by atoms with Crippen LogP contribution in [0.25, 0.3) is 0 Å². The maximum absolute atomic E-state index is 11.4. The first-order valence-corrected chi connectivity index (χ1v) is 6.15. The van der Waals surface area contributed by atoms with E-state index in [9.17, 15) is 4.79 Å². The highest BCUT2D eigenvalue weighted by Gasteiger charge is 2.10. The minimum absolute atomic E-state index is 0.0709. The van der Waals surface area contributed by atoms with Crippen molar-refractivity contribution in [2.75, 3.05) is 44.5 Å². The molecule has 0 atom stereocenters. The van der Waals surface area contributed by atoms with Gasteiger partial charge in [0.2, 0.25) is 5.91 Å². The first-order valence-electron chi connectivity index (χ1n) is 6.15. The van der Waals surface area contributed by atoms with Gasteiger partial charge in [-0.2, -0.15) is 0 Å². The van der Waals surface area contributed by atoms with Crippen molar-refractivity contribution >= 4 is 17.5 Å². The summed E-state index contributed by atoms with van der Waals surface area (Å²) in [5, 5.41) is 5.55. The Hall–Kier alpha value is -1.89. The quantitative estimate of drug-likeness (QED) is 0.736. The predicted octanol–water partition coefficient (Wildman–Crippen LogP) is 0.237. The second-order valence-electron chi connectivity index (χ2n) is 3.94. The van der Waals surface area contributed by atoms with E-state index in [1.807, 2.05) is 14.0 Å². The third-order valence-electron chi connectivity index (χ3n) is 2.50. The van der Waals surface area contributed by atoms with Gasteiger partial charge in [0.25, 0.3) is 0 Å². The highest BCUT2D eigenvalue weighted by atomic mass is 16.5. The lowest BCUT2D eigenvalue weighted by Crippen LogP contribution is -2.33. The molecule has 1 aromatic rings. The lowest BCUT2D eigenvalue weighted by atomic mass is 10.4. The number of aromatic nitrogens is 2. The fourth-order valence-corrected chi connectivity index (χ4v) is 1.44. The highest BCUT2D eigenvalue weighted by Crippen LogP contribution is 2.14. The number of ether oxygens (including phenoxy) is 1. The van der Waals surface area contributed by atoms with Crippen molar-refractivity contribution < 1.29 is 9.53 Å². The smallest absolute Gasteiger partial charge is 0.239 e. The van der Waals surface area contributed by atoms with Crippen molar-refractivity contribution in [3.05, 3.63) is 11.9 Å². The molecule has 0 fully saturated rings. The SMILES string of the molecule is CCOCc1nc(NC)cc(N(C)CC(=O)NC)n1. The van der Waals surface area contributed by atoms with Crippen molar-refractivity contribution in [1.82, 2.24) is 15.3 Å². The van der Waals surface area contributed by atoms with Crippen molar-refractivity contribution in [1.29, 1.82) is 0 Å². The molecule has 1 rings (SSSR count). The monoisotopic (exact) mass is 267 g/mol. The molecular weight excluding hydrogens is 246 g/mol. The Labute approximate surface area is 113 Å². The predicted molar refractivity (Wildman–Crippen MR) is 74.2 cm³/mol. The largest absolute Gasteiger partial charge is 0.374 e. The van der Waals surface area contributed by atoms with Gasteiger partial charge in [0.15, 0.2) is 5.82 Å². The van der Waals surface area contributed by atoms with Crippen LogP contribution in [0.1, 0.15) is 12.7 Å². The highest BCUT2D eigenvalue weighted by molar-refractivity contribution is 5.80. The van der Waals surface area contributed by atoms with Crippen molar-refractivity contribution in [2.45, 2.75) is 13.5 Å².